The molecule has 0 spiro atoms. The number of halogens is 4. The normalized spacial score (nSPS) is 12.4. The van der Waals surface area contributed by atoms with Gasteiger partial charge in [-0.05, 0) is 82.5 Å². The molecular weight excluding hydrogens is 1320 g/mol. The molecule has 0 bridgehead atoms. The van der Waals surface area contributed by atoms with Crippen LogP contribution in [0.4, 0.5) is 11.4 Å². The van der Waals surface area contributed by atoms with Crippen molar-refractivity contribution in [1.29, 1.82) is 0 Å². The average molecular weight is 1400 g/mol. The minimum absolute atomic E-state index is 0. The quantitative estimate of drug-likeness (QED) is 0.0196. The van der Waals surface area contributed by atoms with E-state index in [1.165, 1.54) is 12.1 Å². The van der Waals surface area contributed by atoms with Gasteiger partial charge >= 0.3 is 23.9 Å². The van der Waals surface area contributed by atoms with Gasteiger partial charge in [0.05, 0.1) is 67.0 Å². The average Bonchev–Trinajstić information content (AvgIpc) is 0.869. The third-order valence-electron chi connectivity index (χ3n) is 14.6. The first-order valence-electron chi connectivity index (χ1n) is 28.8. The van der Waals surface area contributed by atoms with E-state index in [0.29, 0.717) is 60.8 Å². The van der Waals surface area contributed by atoms with Crippen molar-refractivity contribution in [3.8, 4) is 44.9 Å². The van der Waals surface area contributed by atoms with Crippen LogP contribution in [0, 0.1) is 0 Å². The van der Waals surface area contributed by atoms with Crippen molar-refractivity contribution in [1.82, 2.24) is 24.2 Å². The van der Waals surface area contributed by atoms with E-state index in [-0.39, 0.29) is 77.9 Å². The van der Waals surface area contributed by atoms with Gasteiger partial charge in [0.2, 0.25) is 10.7 Å². The van der Waals surface area contributed by atoms with E-state index in [0.717, 1.165) is 48.1 Å². The van der Waals surface area contributed by atoms with Crippen molar-refractivity contribution in [2.75, 3.05) is 99.9 Å². The molecule has 2 fully saturated rings. The van der Waals surface area contributed by atoms with E-state index in [2.05, 4.69) is 35.0 Å². The Morgan fingerprint density at radius 2 is 0.990 bits per heavy atom. The lowest BCUT2D eigenvalue weighted by atomic mass is 9.89. The van der Waals surface area contributed by atoms with Gasteiger partial charge < -0.3 is 43.7 Å². The number of amides is 4. The van der Waals surface area contributed by atoms with Crippen LogP contribution in [-0.2, 0) is 24.0 Å². The zero-order valence-electron chi connectivity index (χ0n) is 53.1. The summed E-state index contributed by atoms with van der Waals surface area (Å²) >= 11 is 26.2. The fourth-order valence-corrected chi connectivity index (χ4v) is 11.0. The van der Waals surface area contributed by atoms with Crippen molar-refractivity contribution in [2.45, 2.75) is 53.9 Å². The Balaban J connectivity index is 0.000000271. The summed E-state index contributed by atoms with van der Waals surface area (Å²) in [6.07, 6.45) is 1.16. The molecular formula is C68H75Cl4N9O15+2. The van der Waals surface area contributed by atoms with Crippen LogP contribution in [0.3, 0.4) is 0 Å². The number of benzene rings is 6. The van der Waals surface area contributed by atoms with E-state index in [1.807, 2.05) is 143 Å². The lowest BCUT2D eigenvalue weighted by Gasteiger charge is -2.21. The summed E-state index contributed by atoms with van der Waals surface area (Å²) in [5.41, 5.74) is 3.37. The summed E-state index contributed by atoms with van der Waals surface area (Å²) in [5, 5.41) is 40.7. The summed E-state index contributed by atoms with van der Waals surface area (Å²) in [4.78, 5) is 113. The van der Waals surface area contributed by atoms with E-state index in [1.54, 1.807) is 12.1 Å². The molecule has 4 aliphatic heterocycles. The number of carbonyl (C=O) groups is 8. The molecule has 96 heavy (non-hydrogen) atoms. The number of fused-ring (bicyclic) bond motifs is 4. The van der Waals surface area contributed by atoms with Crippen molar-refractivity contribution in [3.63, 3.8) is 0 Å². The molecule has 28 heteroatoms. The smallest absolute Gasteiger partial charge is 0.365 e. The van der Waals surface area contributed by atoms with E-state index >= 15 is 0 Å². The van der Waals surface area contributed by atoms with Crippen molar-refractivity contribution >= 4 is 133 Å². The Morgan fingerprint density at radius 1 is 0.573 bits per heavy atom. The number of rotatable bonds is 14. The van der Waals surface area contributed by atoms with Crippen LogP contribution in [0.2, 0.25) is 20.1 Å². The largest absolute Gasteiger partial charge is 0.478 e. The summed E-state index contributed by atoms with van der Waals surface area (Å²) in [6, 6.07) is 27.0. The summed E-state index contributed by atoms with van der Waals surface area (Å²) in [7, 11) is 19.2. The molecule has 0 radical (unpaired) electrons. The minimum atomic E-state index is -1.45. The fraction of sp³-hybridized carbons (Fsp3) is 0.309. The molecule has 0 unspecified atom stereocenters. The van der Waals surface area contributed by atoms with Gasteiger partial charge in [0, 0.05) is 140 Å². The summed E-state index contributed by atoms with van der Waals surface area (Å²) in [6.45, 7) is 4.67. The fourth-order valence-electron chi connectivity index (χ4n) is 9.82. The lowest BCUT2D eigenvalue weighted by molar-refractivity contribution is -0.173. The maximum atomic E-state index is 13.0. The van der Waals surface area contributed by atoms with Gasteiger partial charge in [-0.1, -0.05) is 61.3 Å². The third kappa shape index (κ3) is 17.3. The molecule has 0 saturated carbocycles. The molecule has 10 rings (SSSR count). The molecule has 2 saturated heterocycles. The number of anilines is 2. The van der Waals surface area contributed by atoms with Crippen LogP contribution in [0.25, 0.3) is 66.8 Å². The zero-order chi connectivity index (χ0) is 69.3. The zero-order valence-corrected chi connectivity index (χ0v) is 56.1. The molecule has 0 aromatic heterocycles. The molecule has 4 aromatic carbocycles. The van der Waals surface area contributed by atoms with Gasteiger partial charge in [0.25, 0.3) is 23.6 Å². The molecule has 4 amide bonds. The number of nitrogens with zero attached hydrogens (tertiary/aromatic N) is 9. The standard InChI is InChI=1S/C29H23Cl2N3O7.C25H20Cl2N2O5.C8H17N3.C4H5NO3.2CH4/c1-32(2)14-5-7-16-20(11-14)40-21-12-15(33(3)4)6-8-17(21)24(16)25-19(30)13-18(27(31)26(25)28(37)38)29(39)41-34-22(35)9-10-23(34)36;1-28(2)12-5-7-14-18(9-12)34-19-10-13(29(3)4)6-8-15(19)20(14)21-17(26)11-16(24(30)31)23(27)22(21)25(32)33;1-4-9-8-10-6-5-7-11(2)3;6-3-1-2-4(7)5(3)8;;/h5-8,11-13H,9-10H2,1-4H3;5-11H,1-4H3,(H-,30,31,32,33);4-7H2,1-3H3;8H,1-2H2;2*1H4/p+2. The summed E-state index contributed by atoms with van der Waals surface area (Å²) in [5.74, 6) is -6.83. The number of carboxylic acid groups (broad SMARTS) is 3. The third-order valence-corrected chi connectivity index (χ3v) is 16.0. The Bertz CT molecular complexity index is 4490. The highest BCUT2D eigenvalue weighted by molar-refractivity contribution is 6.42. The van der Waals surface area contributed by atoms with Crippen LogP contribution in [0.15, 0.2) is 104 Å². The van der Waals surface area contributed by atoms with Crippen LogP contribution >= 0.6 is 46.4 Å². The monoisotopic (exact) mass is 1400 g/mol. The van der Waals surface area contributed by atoms with E-state index in [4.69, 9.17) is 65.3 Å². The van der Waals surface area contributed by atoms with Crippen molar-refractivity contribution in [2.24, 2.45) is 9.98 Å². The topological polar surface area (TPSA) is 300 Å². The molecule has 2 aliphatic carbocycles. The maximum Gasteiger partial charge on any atom is 0.365 e. The van der Waals surface area contributed by atoms with Gasteiger partial charge in [-0.2, -0.15) is 5.06 Å². The lowest BCUT2D eigenvalue weighted by Crippen LogP contribution is -2.32. The highest BCUT2D eigenvalue weighted by atomic mass is 35.5. The number of aliphatic imine (C=N–C) groups is 2. The first-order chi connectivity index (χ1) is 44.4. The molecule has 24 nitrogen and oxygen atoms in total. The van der Waals surface area contributed by atoms with Crippen LogP contribution in [-0.4, -0.2) is 179 Å². The number of carboxylic acids is 3. The predicted molar refractivity (Wildman–Crippen MR) is 372 cm³/mol. The SMILES string of the molecule is C.C.CCN=C=NCCCN(C)C.CN(C)c1ccc2c(-c3c(Cl)cc(C(=O)O)c(Cl)c3C(=O)O)c3ccc(=[N+](C)C)cc-3oc2c1.CN(C)c1ccc2c(-c3c(Cl)cc(C(=O)ON4C(=O)CCC4=O)c(Cl)c3C(=O)O)c3ccc(=[N+](C)C)cc-3oc2c1.O=C1CCC(=O)N1O. The Labute approximate surface area is 573 Å². The second-order valence-electron chi connectivity index (χ2n) is 22.3. The minimum Gasteiger partial charge on any atom is -0.478 e. The highest BCUT2D eigenvalue weighted by Crippen LogP contribution is 2.49. The maximum absolute atomic E-state index is 13.0. The van der Waals surface area contributed by atoms with Crippen LogP contribution in [0.5, 0.6) is 0 Å². The number of hydrogen-bond donors (Lipinski definition) is 4. The number of hydrogen-bond acceptors (Lipinski definition) is 17. The van der Waals surface area contributed by atoms with Crippen molar-refractivity contribution < 1.29 is 72.6 Å². The van der Waals surface area contributed by atoms with Gasteiger partial charge in [0.1, 0.15) is 50.9 Å². The molecule has 508 valence electrons. The van der Waals surface area contributed by atoms with Gasteiger partial charge in [-0.25, -0.2) is 38.3 Å². The summed E-state index contributed by atoms with van der Waals surface area (Å²) < 4.78 is 16.4. The van der Waals surface area contributed by atoms with Crippen LogP contribution in [0.1, 0.15) is 95.3 Å². The Morgan fingerprint density at radius 3 is 1.35 bits per heavy atom. The molecule has 0 atom stereocenters. The number of imide groups is 2. The van der Waals surface area contributed by atoms with Crippen molar-refractivity contribution in [3.05, 3.63) is 138 Å². The van der Waals surface area contributed by atoms with Gasteiger partial charge in [-0.3, -0.25) is 24.4 Å². The molecule has 6 aliphatic rings. The van der Waals surface area contributed by atoms with E-state index < -0.39 is 68.7 Å². The number of aromatic carboxylic acids is 3. The van der Waals surface area contributed by atoms with E-state index in [9.17, 15) is 53.7 Å². The van der Waals surface area contributed by atoms with Crippen LogP contribution < -0.4 is 29.7 Å². The first-order valence-corrected chi connectivity index (χ1v) is 30.4. The molecule has 4 heterocycles. The predicted octanol–water partition coefficient (Wildman–Crippen LogP) is 11.5. The number of hydroxylamine groups is 4. The van der Waals surface area contributed by atoms with Gasteiger partial charge in [-0.15, -0.1) is 5.06 Å². The first kappa shape index (κ1) is 77.2. The Hall–Kier alpha value is -9.52. The second kappa shape index (κ2) is 33.2. The highest BCUT2D eigenvalue weighted by Gasteiger charge is 2.36. The van der Waals surface area contributed by atoms with Gasteiger partial charge in [0.15, 0.2) is 0 Å². The molecule has 4 N–H and O–H groups in total. The Kier molecular flexibility index (Phi) is 26.7. The second-order valence-corrected chi connectivity index (χ2v) is 23.9. The molecule has 4 aromatic rings. The number of carbonyl (C=O) groups excluding carboxylic acids is 5.